The summed E-state index contributed by atoms with van der Waals surface area (Å²) in [6.45, 7) is 5.91. The van der Waals surface area contributed by atoms with Crippen molar-refractivity contribution in [3.8, 4) is 0 Å². The topological polar surface area (TPSA) is 35.5 Å². The van der Waals surface area contributed by atoms with E-state index in [4.69, 9.17) is 9.47 Å². The molecule has 1 saturated heterocycles. The molecule has 3 nitrogen and oxygen atoms in total. The highest BCUT2D eigenvalue weighted by molar-refractivity contribution is 5.81. The highest BCUT2D eigenvalue weighted by Gasteiger charge is 2.40. The van der Waals surface area contributed by atoms with E-state index in [0.717, 1.165) is 12.5 Å². The fourth-order valence-electron chi connectivity index (χ4n) is 0.986. The zero-order chi connectivity index (χ0) is 8.32. The maximum atomic E-state index is 10.8. The summed E-state index contributed by atoms with van der Waals surface area (Å²) in [6, 6.07) is 0. The van der Waals surface area contributed by atoms with Gasteiger partial charge >= 0.3 is 5.97 Å². The lowest BCUT2D eigenvalue weighted by atomic mass is 10.1. The van der Waals surface area contributed by atoms with Gasteiger partial charge in [-0.15, -0.1) is 0 Å². The van der Waals surface area contributed by atoms with Crippen LogP contribution in [0.1, 0.15) is 19.8 Å². The summed E-state index contributed by atoms with van der Waals surface area (Å²) in [5.74, 6) is -1.04. The molecule has 0 saturated carbocycles. The van der Waals surface area contributed by atoms with Crippen LogP contribution in [0.3, 0.4) is 0 Å². The maximum Gasteiger partial charge on any atom is 0.332 e. The van der Waals surface area contributed by atoms with Crippen molar-refractivity contribution in [2.45, 2.75) is 25.6 Å². The zero-order valence-electron chi connectivity index (χ0n) is 6.63. The molecule has 1 heterocycles. The van der Waals surface area contributed by atoms with Gasteiger partial charge in [0, 0.05) is 18.9 Å². The Morgan fingerprint density at radius 3 is 2.82 bits per heavy atom. The second-order valence-electron chi connectivity index (χ2n) is 2.49. The van der Waals surface area contributed by atoms with E-state index in [1.807, 2.05) is 6.92 Å². The second kappa shape index (κ2) is 3.05. The molecular formula is C8H12O3. The molecule has 62 valence electrons. The first kappa shape index (κ1) is 8.27. The summed E-state index contributed by atoms with van der Waals surface area (Å²) in [5.41, 5.74) is 0. The van der Waals surface area contributed by atoms with Crippen LogP contribution < -0.4 is 0 Å². The van der Waals surface area contributed by atoms with E-state index in [-0.39, 0.29) is 0 Å². The van der Waals surface area contributed by atoms with E-state index < -0.39 is 11.8 Å². The summed E-state index contributed by atoms with van der Waals surface area (Å²) in [7, 11) is 0. The zero-order valence-corrected chi connectivity index (χ0v) is 6.63. The molecule has 0 spiro atoms. The molecule has 1 unspecified atom stereocenters. The molecule has 0 radical (unpaired) electrons. The van der Waals surface area contributed by atoms with Crippen molar-refractivity contribution < 1.29 is 14.3 Å². The third kappa shape index (κ3) is 1.60. The third-order valence-corrected chi connectivity index (χ3v) is 1.84. The Morgan fingerprint density at radius 2 is 2.55 bits per heavy atom. The van der Waals surface area contributed by atoms with Gasteiger partial charge in [-0.3, -0.25) is 0 Å². The normalized spacial score (nSPS) is 28.8. The minimum atomic E-state index is -0.634. The average Bonchev–Trinajstić information content (AvgIpc) is 1.96. The molecule has 1 fully saturated rings. The van der Waals surface area contributed by atoms with Crippen molar-refractivity contribution in [1.82, 2.24) is 0 Å². The molecule has 0 bridgehead atoms. The fourth-order valence-corrected chi connectivity index (χ4v) is 0.986. The van der Waals surface area contributed by atoms with Gasteiger partial charge in [0.15, 0.2) is 0 Å². The maximum absolute atomic E-state index is 10.8. The molecule has 0 aliphatic carbocycles. The van der Waals surface area contributed by atoms with Gasteiger partial charge < -0.3 is 9.47 Å². The van der Waals surface area contributed by atoms with Gasteiger partial charge in [-0.1, -0.05) is 13.5 Å². The van der Waals surface area contributed by atoms with E-state index in [9.17, 15) is 4.79 Å². The van der Waals surface area contributed by atoms with Gasteiger partial charge in [-0.25, -0.2) is 4.79 Å². The largest absolute Gasteiger partial charge is 0.430 e. The van der Waals surface area contributed by atoms with E-state index in [0.29, 0.717) is 13.0 Å². The Balaban J connectivity index is 2.44. The van der Waals surface area contributed by atoms with Gasteiger partial charge in [0.05, 0.1) is 6.61 Å². The monoisotopic (exact) mass is 156 g/mol. The highest BCUT2D eigenvalue weighted by atomic mass is 16.7. The van der Waals surface area contributed by atoms with E-state index in [1.165, 1.54) is 0 Å². The van der Waals surface area contributed by atoms with Crippen molar-refractivity contribution in [1.29, 1.82) is 0 Å². The second-order valence-corrected chi connectivity index (χ2v) is 2.49. The lowest BCUT2D eigenvalue weighted by molar-refractivity contribution is -0.290. The third-order valence-electron chi connectivity index (χ3n) is 1.84. The van der Waals surface area contributed by atoms with E-state index >= 15 is 0 Å². The predicted molar refractivity (Wildman–Crippen MR) is 39.9 cm³/mol. The number of ether oxygens (including phenoxy) is 2. The van der Waals surface area contributed by atoms with Crippen LogP contribution in [0, 0.1) is 0 Å². The van der Waals surface area contributed by atoms with Crippen LogP contribution in [-0.2, 0) is 14.3 Å². The molecule has 3 heteroatoms. The molecule has 1 aliphatic heterocycles. The number of hydrogen-bond donors (Lipinski definition) is 0. The molecule has 11 heavy (non-hydrogen) atoms. The number of carbonyl (C=O) groups is 1. The highest BCUT2D eigenvalue weighted by Crippen LogP contribution is 2.31. The molecular weight excluding hydrogens is 144 g/mol. The van der Waals surface area contributed by atoms with Crippen molar-refractivity contribution in [3.63, 3.8) is 0 Å². The van der Waals surface area contributed by atoms with Gasteiger partial charge in [-0.2, -0.15) is 0 Å². The minimum Gasteiger partial charge on any atom is -0.430 e. The standard InChI is InChI=1S/C8H12O3/c1-3-7(9)11-8(4-2)5-6-10-8/h3H,1,4-6H2,2H3. The Hall–Kier alpha value is -0.830. The number of esters is 1. The molecule has 0 amide bonds. The summed E-state index contributed by atoms with van der Waals surface area (Å²) in [5, 5.41) is 0. The summed E-state index contributed by atoms with van der Waals surface area (Å²) in [6.07, 6.45) is 2.65. The molecule has 1 rings (SSSR count). The first-order valence-corrected chi connectivity index (χ1v) is 3.72. The number of carbonyl (C=O) groups excluding carboxylic acids is 1. The van der Waals surface area contributed by atoms with Crippen LogP contribution in [0.2, 0.25) is 0 Å². The van der Waals surface area contributed by atoms with Crippen LogP contribution >= 0.6 is 0 Å². The smallest absolute Gasteiger partial charge is 0.332 e. The van der Waals surface area contributed by atoms with Crippen molar-refractivity contribution in [3.05, 3.63) is 12.7 Å². The Kier molecular flexibility index (Phi) is 2.29. The Labute approximate surface area is 66.0 Å². The van der Waals surface area contributed by atoms with Gasteiger partial charge in [0.25, 0.3) is 0 Å². The quantitative estimate of drug-likeness (QED) is 0.455. The van der Waals surface area contributed by atoms with Crippen LogP contribution in [0.25, 0.3) is 0 Å². The van der Waals surface area contributed by atoms with E-state index in [1.54, 1.807) is 0 Å². The van der Waals surface area contributed by atoms with Gasteiger partial charge in [-0.05, 0) is 0 Å². The number of rotatable bonds is 3. The first-order chi connectivity index (χ1) is 5.22. The van der Waals surface area contributed by atoms with Gasteiger partial charge in [0.1, 0.15) is 0 Å². The molecule has 1 atom stereocenters. The van der Waals surface area contributed by atoms with Crippen LogP contribution in [0.4, 0.5) is 0 Å². The minimum absolute atomic E-state index is 0.411. The summed E-state index contributed by atoms with van der Waals surface area (Å²) < 4.78 is 10.1. The SMILES string of the molecule is C=CC(=O)OC1(CC)CCO1. The molecule has 1 aliphatic rings. The molecule has 0 aromatic heterocycles. The molecule has 0 N–H and O–H groups in total. The predicted octanol–water partition coefficient (Wildman–Crippen LogP) is 1.24. The molecule has 0 aromatic rings. The summed E-state index contributed by atoms with van der Waals surface area (Å²) in [4.78, 5) is 10.8. The van der Waals surface area contributed by atoms with Gasteiger partial charge in [0.2, 0.25) is 5.79 Å². The van der Waals surface area contributed by atoms with Crippen molar-refractivity contribution >= 4 is 5.97 Å². The Morgan fingerprint density at radius 1 is 1.91 bits per heavy atom. The van der Waals surface area contributed by atoms with Crippen molar-refractivity contribution in [2.75, 3.05) is 6.61 Å². The van der Waals surface area contributed by atoms with Crippen LogP contribution in [-0.4, -0.2) is 18.4 Å². The van der Waals surface area contributed by atoms with Crippen LogP contribution in [0.15, 0.2) is 12.7 Å². The fraction of sp³-hybridized carbons (Fsp3) is 0.625. The van der Waals surface area contributed by atoms with E-state index in [2.05, 4.69) is 6.58 Å². The lowest BCUT2D eigenvalue weighted by Crippen LogP contribution is -2.46. The molecule has 0 aromatic carbocycles. The Bertz CT molecular complexity index is 165. The number of hydrogen-bond acceptors (Lipinski definition) is 3. The summed E-state index contributed by atoms with van der Waals surface area (Å²) >= 11 is 0. The average molecular weight is 156 g/mol. The lowest BCUT2D eigenvalue weighted by Gasteiger charge is -2.39. The van der Waals surface area contributed by atoms with Crippen molar-refractivity contribution in [2.24, 2.45) is 0 Å². The first-order valence-electron chi connectivity index (χ1n) is 3.72. The van der Waals surface area contributed by atoms with Crippen LogP contribution in [0.5, 0.6) is 0 Å².